The zero-order valence-corrected chi connectivity index (χ0v) is 57.3. The van der Waals surface area contributed by atoms with E-state index in [0.29, 0.717) is 46.9 Å². The molecule has 103 heavy (non-hydrogen) atoms. The number of anilines is 8. The first-order valence-electron chi connectivity index (χ1n) is 31.3. The highest BCUT2D eigenvalue weighted by Gasteiger charge is 2.37. The van der Waals surface area contributed by atoms with Crippen molar-refractivity contribution in [3.8, 4) is 67.8 Å². The summed E-state index contributed by atoms with van der Waals surface area (Å²) in [6.07, 6.45) is -3.00. The van der Waals surface area contributed by atoms with E-state index in [1.165, 1.54) is 17.1 Å². The molecule has 0 aliphatic carbocycles. The van der Waals surface area contributed by atoms with E-state index >= 15 is 0 Å². The van der Waals surface area contributed by atoms with Gasteiger partial charge in [-0.1, -0.05) is 74.5 Å². The number of hydrogen-bond donors (Lipinski definition) is 8. The third-order valence-electron chi connectivity index (χ3n) is 15.2. The average molecular weight is 1430 g/mol. The summed E-state index contributed by atoms with van der Waals surface area (Å²) in [5.74, 6) is 3.82. The van der Waals surface area contributed by atoms with E-state index in [-0.39, 0.29) is 45.9 Å². The van der Waals surface area contributed by atoms with Crippen molar-refractivity contribution in [1.29, 1.82) is 0 Å². The third-order valence-corrected chi connectivity index (χ3v) is 16.9. The van der Waals surface area contributed by atoms with Crippen molar-refractivity contribution in [1.82, 2.24) is 58.8 Å². The molecule has 0 aliphatic rings. The van der Waals surface area contributed by atoms with Gasteiger partial charge in [0.2, 0.25) is 29.7 Å². The molecule has 0 aliphatic heterocycles. The fraction of sp³-hybridized carbons (Fsp3) is 0.153. The average Bonchev–Trinajstić information content (AvgIpc) is 1.69. The number of ether oxygens (including phenoxy) is 2. The zero-order valence-electron chi connectivity index (χ0n) is 56.5. The number of rotatable bonds is 14. The van der Waals surface area contributed by atoms with E-state index in [1.807, 2.05) is 123 Å². The van der Waals surface area contributed by atoms with E-state index in [9.17, 15) is 34.8 Å². The van der Waals surface area contributed by atoms with Gasteiger partial charge in [0.25, 0.3) is 10.0 Å². The fourth-order valence-corrected chi connectivity index (χ4v) is 11.5. The van der Waals surface area contributed by atoms with Crippen LogP contribution in [-0.4, -0.2) is 103 Å². The van der Waals surface area contributed by atoms with Gasteiger partial charge in [-0.15, -0.1) is 0 Å². The van der Waals surface area contributed by atoms with Crippen LogP contribution in [0.3, 0.4) is 0 Å². The Morgan fingerprint density at radius 1 is 0.437 bits per heavy atom. The van der Waals surface area contributed by atoms with Gasteiger partial charge in [0.05, 0.1) is 64.2 Å². The Kier molecular flexibility index (Phi) is 23.8. The maximum Gasteiger partial charge on any atom is 0.416 e. The highest BCUT2D eigenvalue weighted by Crippen LogP contribution is 2.39. The van der Waals surface area contributed by atoms with Gasteiger partial charge in [0.15, 0.2) is 0 Å². The van der Waals surface area contributed by atoms with Gasteiger partial charge in [-0.2, -0.15) is 41.3 Å². The summed E-state index contributed by atoms with van der Waals surface area (Å²) < 4.78 is 115. The normalized spacial score (nSPS) is 11.1. The van der Waals surface area contributed by atoms with E-state index in [2.05, 4.69) is 70.8 Å². The van der Waals surface area contributed by atoms with Gasteiger partial charge in [-0.05, 0) is 115 Å². The molecule has 0 atom stereocenters. The monoisotopic (exact) mass is 1420 g/mol. The topological polar surface area (TPSA) is 366 Å². The second kappa shape index (κ2) is 32.9. The molecule has 13 aromatic rings. The van der Waals surface area contributed by atoms with Crippen molar-refractivity contribution < 1.29 is 44.2 Å². The van der Waals surface area contributed by atoms with Gasteiger partial charge < -0.3 is 54.1 Å². The van der Waals surface area contributed by atoms with Crippen LogP contribution < -0.4 is 54.1 Å². The molecule has 0 fully saturated rings. The van der Waals surface area contributed by atoms with Crippen molar-refractivity contribution in [2.24, 2.45) is 0 Å². The number of alkyl halides is 6. The summed E-state index contributed by atoms with van der Waals surface area (Å²) in [6, 6.07) is 49.0. The largest absolute Gasteiger partial charge is 0.497 e. The molecule has 31 heteroatoms. The molecule has 0 saturated carbocycles. The predicted molar refractivity (Wildman–Crippen MR) is 390 cm³/mol. The Morgan fingerprint density at radius 2 is 0.903 bits per heavy atom. The fourth-order valence-electron chi connectivity index (χ4n) is 10.1. The maximum atomic E-state index is 12.9. The molecule has 13 rings (SSSR count). The minimum atomic E-state index is -4.93. The smallest absolute Gasteiger partial charge is 0.416 e. The number of fused-ring (bicyclic) bond motifs is 2. The summed E-state index contributed by atoms with van der Waals surface area (Å²) in [6.45, 7) is 4.08. The summed E-state index contributed by atoms with van der Waals surface area (Å²) >= 11 is 0. The number of aromatic nitrogens is 12. The highest BCUT2D eigenvalue weighted by atomic mass is 32.2. The number of pyridine rings is 1. The lowest BCUT2D eigenvalue weighted by atomic mass is 10.0. The number of hydrogen-bond acceptors (Lipinski definition) is 23. The Bertz CT molecular complexity index is 5170. The van der Waals surface area contributed by atoms with Gasteiger partial charge in [-0.3, -0.25) is 4.98 Å². The molecule has 0 saturated heterocycles. The van der Waals surface area contributed by atoms with Crippen LogP contribution in [0.25, 0.3) is 78.0 Å². The molecule has 7 aromatic heterocycles. The van der Waals surface area contributed by atoms with Gasteiger partial charge >= 0.3 is 12.4 Å². The van der Waals surface area contributed by atoms with Crippen LogP contribution >= 0.6 is 0 Å². The molecule has 0 amide bonds. The first-order chi connectivity index (χ1) is 49.2. The number of nitrogen functional groups attached to an aromatic ring is 5. The Labute approximate surface area is 588 Å². The molecule has 13 N–H and O–H groups in total. The van der Waals surface area contributed by atoms with Crippen molar-refractivity contribution in [2.75, 3.05) is 80.0 Å². The number of nitrogens with one attached hydrogen (secondary N) is 3. The summed E-state index contributed by atoms with van der Waals surface area (Å²) in [4.78, 5) is 45.4. The summed E-state index contributed by atoms with van der Waals surface area (Å²) in [5, 5.41) is 11.5. The van der Waals surface area contributed by atoms with Crippen molar-refractivity contribution in [3.05, 3.63) is 217 Å². The predicted octanol–water partition coefficient (Wildman–Crippen LogP) is 13.7. The van der Waals surface area contributed by atoms with Crippen molar-refractivity contribution in [3.63, 3.8) is 0 Å². The van der Waals surface area contributed by atoms with Crippen LogP contribution in [0, 0.1) is 0 Å². The molecule has 7 heterocycles. The van der Waals surface area contributed by atoms with Crippen LogP contribution in [0.15, 0.2) is 199 Å². The van der Waals surface area contributed by atoms with Crippen LogP contribution in [0.5, 0.6) is 11.5 Å². The van der Waals surface area contributed by atoms with Crippen LogP contribution in [0.4, 0.5) is 73.5 Å². The summed E-state index contributed by atoms with van der Waals surface area (Å²) in [7, 11) is 4.66. The number of methoxy groups -OCH3 is 2. The first kappa shape index (κ1) is 74.4. The van der Waals surface area contributed by atoms with E-state index in [1.54, 1.807) is 89.2 Å². The molecule has 0 bridgehead atoms. The Morgan fingerprint density at radius 3 is 1.44 bits per heavy atom. The number of nitrogens with two attached hydrogens (primary N) is 5. The van der Waals surface area contributed by atoms with Crippen LogP contribution in [0.1, 0.15) is 36.4 Å². The maximum absolute atomic E-state index is 12.9. The number of halogens is 6. The zero-order chi connectivity index (χ0) is 74.2. The standard InChI is InChI=1S/C19H17N5O2S.C14H13N5.C13H10F6N4.2C13H15N3O/c1-21-18-12-16(22-19(20)23-18)13-7-8-17-14(11-13)9-10-24(17)27(25,26)15-5-3-2-4-6-15;1-16-13-6-12(18-14(15)19-13)11-8-17-7-9-4-2-3-5-10(9)11;1-21-10-5-9(22-11(20)23-10)6-2-7(12(14,15)16)4-8(3-6)13(17,18)19;1-3-10-8-12(16-13(14)15-10)9-4-6-11(17-2)7-5-9;1-3-9-8-11(16-13(14)15-9)10-6-4-5-7-12(10)17-2/h2-12H,1H3,(H3,20,21,22,23);2-8H,1H3,(H3,15,16,18,19);2-5H,1H3,(H3,20,21,22,23);2*4-8H,3H2,1-2H3,(H2,14,15,16). The van der Waals surface area contributed by atoms with Crippen LogP contribution in [-0.2, 0) is 35.2 Å². The number of nitrogens with zero attached hydrogens (tertiary/aromatic N) is 12. The molecule has 530 valence electrons. The second-order valence-corrected chi connectivity index (χ2v) is 23.8. The van der Waals surface area contributed by atoms with E-state index in [4.69, 9.17) is 38.1 Å². The molecule has 0 radical (unpaired) electrons. The lowest BCUT2D eigenvalue weighted by molar-refractivity contribution is -0.143. The molecule has 24 nitrogen and oxygen atoms in total. The number of benzene rings is 6. The molecule has 6 aromatic carbocycles. The molecular formula is C72H70F6N20O4S. The molecular weight excluding hydrogens is 1350 g/mol. The SMILES string of the molecule is CCc1cc(-c2ccc(OC)cc2)nc(N)n1.CCc1cc(-c2ccccc2OC)nc(N)n1.CNc1cc(-c2cc(C(F)(F)F)cc(C(F)(F)F)c2)nc(N)n1.CNc1cc(-c2ccc3c(ccn3S(=O)(=O)c3ccccc3)c2)nc(N)n1.CNc1cc(-c2cncc3ccccc23)nc(N)n1. The third kappa shape index (κ3) is 18.9. The highest BCUT2D eigenvalue weighted by molar-refractivity contribution is 7.90. The second-order valence-electron chi connectivity index (χ2n) is 22.0. The number of para-hydroxylation sites is 1. The first-order valence-corrected chi connectivity index (χ1v) is 32.7. The van der Waals surface area contributed by atoms with Gasteiger partial charge in [0, 0.05) is 108 Å². The minimum absolute atomic E-state index is 0.0486. The lowest BCUT2D eigenvalue weighted by Crippen LogP contribution is -2.11. The van der Waals surface area contributed by atoms with Gasteiger partial charge in [0.1, 0.15) is 29.0 Å². The summed E-state index contributed by atoms with van der Waals surface area (Å²) in [5.41, 5.74) is 34.2. The number of aryl methyl sites for hydroxylation is 2. The van der Waals surface area contributed by atoms with Crippen LogP contribution in [0.2, 0.25) is 0 Å². The Hall–Kier alpha value is -12.8. The van der Waals surface area contributed by atoms with Gasteiger partial charge in [-0.25, -0.2) is 47.3 Å². The lowest BCUT2D eigenvalue weighted by Gasteiger charge is -2.14. The van der Waals surface area contributed by atoms with Crippen molar-refractivity contribution in [2.45, 2.75) is 43.9 Å². The van der Waals surface area contributed by atoms with E-state index in [0.717, 1.165) is 91.2 Å². The quantitative estimate of drug-likeness (QED) is 0.0469. The molecule has 0 unspecified atom stereocenters. The minimum Gasteiger partial charge on any atom is -0.497 e. The van der Waals surface area contributed by atoms with Crippen molar-refractivity contribution >= 4 is 78.9 Å². The Balaban J connectivity index is 0.000000151. The van der Waals surface area contributed by atoms with E-state index < -0.39 is 33.5 Å². The molecule has 0 spiro atoms.